The van der Waals surface area contributed by atoms with Crippen LogP contribution in [0.3, 0.4) is 0 Å². The highest BCUT2D eigenvalue weighted by Crippen LogP contribution is 2.36. The fourth-order valence-electron chi connectivity index (χ4n) is 3.06. The fourth-order valence-corrected chi connectivity index (χ4v) is 3.06. The Balaban J connectivity index is 2.65. The van der Waals surface area contributed by atoms with Gasteiger partial charge in [-0.25, -0.2) is 4.68 Å². The molecule has 0 fully saturated rings. The summed E-state index contributed by atoms with van der Waals surface area (Å²) in [5.41, 5.74) is 0.320. The van der Waals surface area contributed by atoms with E-state index >= 15 is 0 Å². The Bertz CT molecular complexity index is 577. The zero-order valence-corrected chi connectivity index (χ0v) is 18.9. The van der Waals surface area contributed by atoms with Crippen LogP contribution in [0.5, 0.6) is 0 Å². The molecule has 27 heavy (non-hydrogen) atoms. The summed E-state index contributed by atoms with van der Waals surface area (Å²) in [7, 11) is 0. The maximum Gasteiger partial charge on any atom is 0.0883 e. The second-order valence-corrected chi connectivity index (χ2v) is 10.3. The molecule has 158 valence electrons. The Labute approximate surface area is 165 Å². The van der Waals surface area contributed by atoms with Gasteiger partial charge in [-0.15, -0.1) is 5.10 Å². The Morgan fingerprint density at radius 3 is 2.11 bits per heavy atom. The van der Waals surface area contributed by atoms with Gasteiger partial charge in [-0.2, -0.15) is 0 Å². The van der Waals surface area contributed by atoms with Crippen LogP contribution in [0, 0.1) is 5.41 Å². The molecule has 1 aromatic rings. The van der Waals surface area contributed by atoms with Crippen LogP contribution < -0.4 is 0 Å². The minimum atomic E-state index is -0.335. The van der Waals surface area contributed by atoms with Crippen molar-refractivity contribution in [2.75, 3.05) is 19.8 Å². The second kappa shape index (κ2) is 9.01. The first kappa shape index (κ1) is 24.1. The number of aliphatic hydroxyl groups is 1. The highest BCUT2D eigenvalue weighted by molar-refractivity contribution is 5.10. The van der Waals surface area contributed by atoms with E-state index in [-0.39, 0.29) is 28.6 Å². The van der Waals surface area contributed by atoms with Crippen molar-refractivity contribution in [3.63, 3.8) is 0 Å². The van der Waals surface area contributed by atoms with E-state index in [9.17, 15) is 0 Å². The van der Waals surface area contributed by atoms with Gasteiger partial charge in [0.1, 0.15) is 0 Å². The van der Waals surface area contributed by atoms with Gasteiger partial charge in [0.25, 0.3) is 0 Å². The van der Waals surface area contributed by atoms with Crippen LogP contribution in [0.1, 0.15) is 80.8 Å². The minimum absolute atomic E-state index is 0.0260. The van der Waals surface area contributed by atoms with Crippen LogP contribution in [-0.2, 0) is 21.4 Å². The Kier molecular flexibility index (Phi) is 8.03. The van der Waals surface area contributed by atoms with Gasteiger partial charge in [-0.1, -0.05) is 39.8 Å². The van der Waals surface area contributed by atoms with Crippen molar-refractivity contribution in [2.45, 2.75) is 98.3 Å². The molecule has 0 aliphatic carbocycles. The molecule has 0 unspecified atom stereocenters. The lowest BCUT2D eigenvalue weighted by Crippen LogP contribution is -2.39. The summed E-state index contributed by atoms with van der Waals surface area (Å²) in [6.07, 6.45) is 3.81. The number of hydrogen-bond donors (Lipinski definition) is 1. The predicted octanol–water partition coefficient (Wildman–Crippen LogP) is 3.96. The SMILES string of the molecule is CCC(C)(C)OCC(C)(C)OCC(C)(C)CC(C)(C)c1cn(CCO)nn1. The Hall–Kier alpha value is -0.980. The first-order valence-electron chi connectivity index (χ1n) is 10.0. The lowest BCUT2D eigenvalue weighted by atomic mass is 9.74. The molecule has 0 spiro atoms. The molecule has 0 aromatic carbocycles. The number of hydrogen-bond acceptors (Lipinski definition) is 5. The van der Waals surface area contributed by atoms with E-state index in [1.165, 1.54) is 0 Å². The Morgan fingerprint density at radius 2 is 1.56 bits per heavy atom. The fraction of sp³-hybridized carbons (Fsp3) is 0.905. The number of rotatable bonds is 12. The summed E-state index contributed by atoms with van der Waals surface area (Å²) in [5, 5.41) is 17.5. The van der Waals surface area contributed by atoms with E-state index in [2.05, 4.69) is 72.6 Å². The van der Waals surface area contributed by atoms with E-state index in [1.54, 1.807) is 4.68 Å². The van der Waals surface area contributed by atoms with Crippen LogP contribution in [-0.4, -0.2) is 51.1 Å². The van der Waals surface area contributed by atoms with Gasteiger partial charge in [0, 0.05) is 11.6 Å². The van der Waals surface area contributed by atoms with Crippen molar-refractivity contribution < 1.29 is 14.6 Å². The molecule has 0 amide bonds. The second-order valence-electron chi connectivity index (χ2n) is 10.3. The molecule has 0 aliphatic heterocycles. The third kappa shape index (κ3) is 8.28. The van der Waals surface area contributed by atoms with Gasteiger partial charge >= 0.3 is 0 Å². The standard InChI is InChI=1S/C21H41N3O3/c1-10-20(6,7)27-16-21(8,9)26-15-18(2,3)14-19(4,5)17-13-24(11-12-25)23-22-17/h13,25H,10-12,14-16H2,1-9H3. The highest BCUT2D eigenvalue weighted by Gasteiger charge is 2.34. The van der Waals surface area contributed by atoms with Gasteiger partial charge in [-0.05, 0) is 46.0 Å². The van der Waals surface area contributed by atoms with Crippen molar-refractivity contribution in [3.05, 3.63) is 11.9 Å². The zero-order valence-electron chi connectivity index (χ0n) is 18.9. The number of ether oxygens (including phenoxy) is 2. The predicted molar refractivity (Wildman–Crippen MR) is 109 cm³/mol. The monoisotopic (exact) mass is 383 g/mol. The summed E-state index contributed by atoms with van der Waals surface area (Å²) in [6.45, 7) is 21.1. The average Bonchev–Trinajstić information content (AvgIpc) is 3.01. The van der Waals surface area contributed by atoms with Gasteiger partial charge in [0.05, 0.1) is 43.3 Å². The molecule has 0 radical (unpaired) electrons. The molecule has 1 N–H and O–H groups in total. The largest absolute Gasteiger partial charge is 0.394 e. The van der Waals surface area contributed by atoms with E-state index in [4.69, 9.17) is 14.6 Å². The molecule has 0 bridgehead atoms. The van der Waals surface area contributed by atoms with Crippen LogP contribution >= 0.6 is 0 Å². The summed E-state index contributed by atoms with van der Waals surface area (Å²) in [6, 6.07) is 0. The summed E-state index contributed by atoms with van der Waals surface area (Å²) >= 11 is 0. The minimum Gasteiger partial charge on any atom is -0.394 e. The van der Waals surface area contributed by atoms with E-state index in [1.807, 2.05) is 6.20 Å². The molecule has 1 rings (SSSR count). The molecular weight excluding hydrogens is 342 g/mol. The number of aromatic nitrogens is 3. The molecule has 0 saturated carbocycles. The molecule has 6 nitrogen and oxygen atoms in total. The zero-order chi connectivity index (χ0) is 20.9. The first-order valence-corrected chi connectivity index (χ1v) is 10.0. The maximum absolute atomic E-state index is 9.06. The topological polar surface area (TPSA) is 69.4 Å². The molecular formula is C21H41N3O3. The van der Waals surface area contributed by atoms with Crippen LogP contribution in [0.2, 0.25) is 0 Å². The normalized spacial score (nSPS) is 14.0. The molecule has 6 heteroatoms. The molecule has 1 aromatic heterocycles. The van der Waals surface area contributed by atoms with Crippen LogP contribution in [0.4, 0.5) is 0 Å². The summed E-state index contributed by atoms with van der Waals surface area (Å²) < 4.78 is 14.0. The third-order valence-electron chi connectivity index (χ3n) is 5.00. The van der Waals surface area contributed by atoms with Gasteiger partial charge < -0.3 is 14.6 Å². The van der Waals surface area contributed by atoms with Gasteiger partial charge in [0.15, 0.2) is 0 Å². The average molecular weight is 384 g/mol. The van der Waals surface area contributed by atoms with Crippen molar-refractivity contribution in [1.82, 2.24) is 15.0 Å². The smallest absolute Gasteiger partial charge is 0.0883 e. The van der Waals surface area contributed by atoms with E-state index in [0.29, 0.717) is 19.8 Å². The first-order chi connectivity index (χ1) is 12.2. The molecule has 1 heterocycles. The summed E-state index contributed by atoms with van der Waals surface area (Å²) in [5.74, 6) is 0. The van der Waals surface area contributed by atoms with Crippen molar-refractivity contribution in [2.24, 2.45) is 5.41 Å². The van der Waals surface area contributed by atoms with Gasteiger partial charge in [-0.3, -0.25) is 0 Å². The van der Waals surface area contributed by atoms with Crippen molar-refractivity contribution in [1.29, 1.82) is 0 Å². The number of nitrogens with zero attached hydrogens (tertiary/aromatic N) is 3. The third-order valence-corrected chi connectivity index (χ3v) is 5.00. The number of aliphatic hydroxyl groups excluding tert-OH is 1. The molecule has 0 aliphatic rings. The highest BCUT2D eigenvalue weighted by atomic mass is 16.6. The van der Waals surface area contributed by atoms with E-state index in [0.717, 1.165) is 18.5 Å². The Morgan fingerprint density at radius 1 is 0.963 bits per heavy atom. The van der Waals surface area contributed by atoms with Crippen molar-refractivity contribution in [3.8, 4) is 0 Å². The van der Waals surface area contributed by atoms with E-state index < -0.39 is 0 Å². The van der Waals surface area contributed by atoms with Crippen LogP contribution in [0.25, 0.3) is 0 Å². The van der Waals surface area contributed by atoms with Gasteiger partial charge in [0.2, 0.25) is 0 Å². The quantitative estimate of drug-likeness (QED) is 0.591. The maximum atomic E-state index is 9.06. The van der Waals surface area contributed by atoms with Crippen molar-refractivity contribution >= 4 is 0 Å². The van der Waals surface area contributed by atoms with Crippen LogP contribution in [0.15, 0.2) is 6.20 Å². The molecule has 0 saturated heterocycles. The molecule has 0 atom stereocenters. The lowest BCUT2D eigenvalue weighted by molar-refractivity contribution is -0.135. The lowest BCUT2D eigenvalue weighted by Gasteiger charge is -2.37. The summed E-state index contributed by atoms with van der Waals surface area (Å²) in [4.78, 5) is 0.